The molecule has 0 radical (unpaired) electrons. The highest BCUT2D eigenvalue weighted by molar-refractivity contribution is 5.79. The van der Waals surface area contributed by atoms with Crippen LogP contribution in [0.25, 0.3) is 0 Å². The van der Waals surface area contributed by atoms with Gasteiger partial charge < -0.3 is 30.5 Å². The van der Waals surface area contributed by atoms with E-state index in [1.807, 2.05) is 6.92 Å². The molecular weight excluding hydrogens is 230 g/mol. The summed E-state index contributed by atoms with van der Waals surface area (Å²) in [4.78, 5) is 11.0. The van der Waals surface area contributed by atoms with Gasteiger partial charge in [-0.2, -0.15) is 0 Å². The molecule has 5 N–H and O–H groups in total. The van der Waals surface area contributed by atoms with Crippen LogP contribution in [0, 0.1) is 0 Å². The van der Waals surface area contributed by atoms with Gasteiger partial charge in [-0.3, -0.25) is 4.79 Å². The van der Waals surface area contributed by atoms with Crippen molar-refractivity contribution in [3.8, 4) is 0 Å². The van der Waals surface area contributed by atoms with Gasteiger partial charge in [-0.15, -0.1) is 0 Å². The highest BCUT2D eigenvalue weighted by Gasteiger charge is 2.46. The topological polar surface area (TPSA) is 122 Å². The van der Waals surface area contributed by atoms with E-state index in [1.54, 1.807) is 6.92 Å². The summed E-state index contributed by atoms with van der Waals surface area (Å²) in [5, 5.41) is 28.7. The van der Waals surface area contributed by atoms with Gasteiger partial charge in [0.25, 0.3) is 0 Å². The average Bonchev–Trinajstić information content (AvgIpc) is 2.29. The van der Waals surface area contributed by atoms with Crippen LogP contribution in [0.1, 0.15) is 20.3 Å². The van der Waals surface area contributed by atoms with E-state index >= 15 is 0 Å². The maximum absolute atomic E-state index is 11.0. The molecule has 0 aromatic carbocycles. The Morgan fingerprint density at radius 1 is 1.35 bits per heavy atom. The Hall–Kier alpha value is -0.730. The maximum atomic E-state index is 11.0. The van der Waals surface area contributed by atoms with Gasteiger partial charge in [0, 0.05) is 0 Å². The Morgan fingerprint density at radius 2 is 1.94 bits per heavy atom. The lowest BCUT2D eigenvalue weighted by molar-refractivity contribution is -0.299. The fraction of sp³-hybridized carbons (Fsp3) is 0.900. The molecule has 1 aliphatic rings. The minimum Gasteiger partial charge on any atom is -0.387 e. The fourth-order valence-electron chi connectivity index (χ4n) is 1.52. The second-order valence-corrected chi connectivity index (χ2v) is 4.15. The zero-order valence-electron chi connectivity index (χ0n) is 9.81. The molecule has 7 nitrogen and oxygen atoms in total. The molecule has 7 heteroatoms. The molecule has 6 atom stereocenters. The van der Waals surface area contributed by atoms with E-state index in [9.17, 15) is 20.1 Å². The van der Waals surface area contributed by atoms with Crippen molar-refractivity contribution in [2.75, 3.05) is 0 Å². The zero-order valence-corrected chi connectivity index (χ0v) is 9.81. The van der Waals surface area contributed by atoms with Gasteiger partial charge in [-0.05, 0) is 13.3 Å². The molecule has 0 saturated carbocycles. The molecule has 100 valence electrons. The van der Waals surface area contributed by atoms with Crippen molar-refractivity contribution in [3.05, 3.63) is 0 Å². The van der Waals surface area contributed by atoms with Crippen LogP contribution in [-0.2, 0) is 14.3 Å². The molecule has 0 aliphatic carbocycles. The number of nitrogens with two attached hydrogens (primary N) is 1. The van der Waals surface area contributed by atoms with Crippen LogP contribution in [0.3, 0.4) is 0 Å². The maximum Gasteiger partial charge on any atom is 0.249 e. The van der Waals surface area contributed by atoms with E-state index < -0.39 is 36.6 Å². The third kappa shape index (κ3) is 3.14. The smallest absolute Gasteiger partial charge is 0.249 e. The summed E-state index contributed by atoms with van der Waals surface area (Å²) in [5.41, 5.74) is 5.02. The molecule has 1 fully saturated rings. The number of aliphatic hydroxyl groups excluding tert-OH is 3. The van der Waals surface area contributed by atoms with E-state index in [0.29, 0.717) is 6.42 Å². The molecule has 3 unspecified atom stereocenters. The molecule has 0 spiro atoms. The van der Waals surface area contributed by atoms with E-state index in [0.717, 1.165) is 0 Å². The molecule has 17 heavy (non-hydrogen) atoms. The third-order valence-electron chi connectivity index (χ3n) is 2.79. The predicted molar refractivity (Wildman–Crippen MR) is 56.7 cm³/mol. The quantitative estimate of drug-likeness (QED) is 0.461. The summed E-state index contributed by atoms with van der Waals surface area (Å²) in [7, 11) is 0. The van der Waals surface area contributed by atoms with Crippen LogP contribution in [0.5, 0.6) is 0 Å². The van der Waals surface area contributed by atoms with Crippen LogP contribution in [-0.4, -0.2) is 58.0 Å². The van der Waals surface area contributed by atoms with Gasteiger partial charge in [-0.25, -0.2) is 0 Å². The monoisotopic (exact) mass is 249 g/mol. The van der Waals surface area contributed by atoms with E-state index in [4.69, 9.17) is 15.2 Å². The van der Waals surface area contributed by atoms with Gasteiger partial charge >= 0.3 is 0 Å². The van der Waals surface area contributed by atoms with Crippen molar-refractivity contribution in [3.63, 3.8) is 0 Å². The molecule has 1 aliphatic heterocycles. The second-order valence-electron chi connectivity index (χ2n) is 4.15. The highest BCUT2D eigenvalue weighted by atomic mass is 16.7. The van der Waals surface area contributed by atoms with Gasteiger partial charge in [0.1, 0.15) is 18.3 Å². The Labute approximate surface area is 99.1 Å². The van der Waals surface area contributed by atoms with Crippen LogP contribution in [0.15, 0.2) is 0 Å². The van der Waals surface area contributed by atoms with Crippen molar-refractivity contribution < 1.29 is 29.6 Å². The molecular formula is C10H19NO6. The number of hydrogen-bond donors (Lipinski definition) is 4. The zero-order chi connectivity index (χ0) is 13.2. The van der Waals surface area contributed by atoms with Crippen molar-refractivity contribution in [2.45, 2.75) is 57.1 Å². The number of carbonyl (C=O) groups is 1. The predicted octanol–water partition coefficient (Wildman–Crippen LogP) is -1.91. The molecule has 1 saturated heterocycles. The summed E-state index contributed by atoms with van der Waals surface area (Å²) in [5.74, 6) is -0.916. The molecule has 1 amide bonds. The van der Waals surface area contributed by atoms with Gasteiger partial charge in [0.15, 0.2) is 12.4 Å². The largest absolute Gasteiger partial charge is 0.387 e. The third-order valence-corrected chi connectivity index (χ3v) is 2.79. The average molecular weight is 249 g/mol. The number of aliphatic hydroxyl groups is 3. The first kappa shape index (κ1) is 14.3. The van der Waals surface area contributed by atoms with Gasteiger partial charge in [-0.1, -0.05) is 6.92 Å². The molecule has 0 bridgehead atoms. The van der Waals surface area contributed by atoms with Crippen LogP contribution in [0.4, 0.5) is 0 Å². The molecule has 0 aromatic heterocycles. The van der Waals surface area contributed by atoms with E-state index in [-0.39, 0.29) is 6.10 Å². The number of ether oxygens (including phenoxy) is 2. The van der Waals surface area contributed by atoms with Crippen LogP contribution in [0.2, 0.25) is 0 Å². The van der Waals surface area contributed by atoms with E-state index in [2.05, 4.69) is 0 Å². The summed E-state index contributed by atoms with van der Waals surface area (Å²) < 4.78 is 10.4. The Balaban J connectivity index is 2.74. The number of primary amides is 1. The first-order chi connectivity index (χ1) is 7.88. The second kappa shape index (κ2) is 5.74. The van der Waals surface area contributed by atoms with Crippen molar-refractivity contribution in [1.82, 2.24) is 0 Å². The lowest BCUT2D eigenvalue weighted by Gasteiger charge is -2.39. The first-order valence-corrected chi connectivity index (χ1v) is 5.52. The lowest BCUT2D eigenvalue weighted by Crippen LogP contribution is -2.61. The number of rotatable bonds is 4. The van der Waals surface area contributed by atoms with Crippen molar-refractivity contribution in [2.24, 2.45) is 5.73 Å². The minimum absolute atomic E-state index is 0.217. The Bertz CT molecular complexity index is 274. The first-order valence-electron chi connectivity index (χ1n) is 5.52. The number of amides is 1. The summed E-state index contributed by atoms with van der Waals surface area (Å²) in [6.45, 7) is 3.63. The van der Waals surface area contributed by atoms with Crippen LogP contribution < -0.4 is 5.73 Å². The summed E-state index contributed by atoms with van der Waals surface area (Å²) >= 11 is 0. The molecule has 1 heterocycles. The lowest BCUT2D eigenvalue weighted by atomic mass is 9.98. The Kier molecular flexibility index (Phi) is 4.84. The fourth-order valence-corrected chi connectivity index (χ4v) is 1.52. The van der Waals surface area contributed by atoms with Gasteiger partial charge in [0.05, 0.1) is 6.10 Å². The van der Waals surface area contributed by atoms with Crippen molar-refractivity contribution >= 4 is 5.91 Å². The van der Waals surface area contributed by atoms with Crippen LogP contribution >= 0.6 is 0 Å². The molecule has 1 rings (SSSR count). The minimum atomic E-state index is -1.56. The van der Waals surface area contributed by atoms with Gasteiger partial charge in [0.2, 0.25) is 5.91 Å². The molecule has 0 aromatic rings. The highest BCUT2D eigenvalue weighted by Crippen LogP contribution is 2.23. The number of carbonyl (C=O) groups excluding carboxylic acids is 1. The normalized spacial score (nSPS) is 39.9. The standard InChI is InChI=1S/C10H19NO6/c1-3-4(2)16-10-7(14)5(12)6(13)8(17-10)9(11)15/h4-8,10,12-14H,3H2,1-2H3,(H2,11,15)/t4?,5?,6-,7+,8?,10-/m1/s1. The summed E-state index contributed by atoms with van der Waals surface area (Å²) in [6, 6.07) is 0. The van der Waals surface area contributed by atoms with Crippen molar-refractivity contribution in [1.29, 1.82) is 0 Å². The van der Waals surface area contributed by atoms with E-state index in [1.165, 1.54) is 0 Å². The number of hydrogen-bond acceptors (Lipinski definition) is 6. The Morgan fingerprint density at radius 3 is 2.41 bits per heavy atom. The SMILES string of the molecule is CCC(C)O[C@@H]1OC(C(N)=O)[C@H](O)C(O)[C@@H]1O. The summed E-state index contributed by atoms with van der Waals surface area (Å²) in [6.07, 6.45) is -6.62.